The fourth-order valence-corrected chi connectivity index (χ4v) is 4.84. The Hall–Kier alpha value is -2.16. The highest BCUT2D eigenvalue weighted by Crippen LogP contribution is 2.20. The Balaban J connectivity index is 1.68. The van der Waals surface area contributed by atoms with E-state index in [9.17, 15) is 13.2 Å². The van der Waals surface area contributed by atoms with Crippen LogP contribution in [-0.2, 0) is 16.6 Å². The first-order chi connectivity index (χ1) is 12.4. The summed E-state index contributed by atoms with van der Waals surface area (Å²) < 4.78 is 30.0. The molecule has 0 aliphatic carbocycles. The molecule has 1 aliphatic rings. The number of fused-ring (bicyclic) bond motifs is 1. The summed E-state index contributed by atoms with van der Waals surface area (Å²) in [6.45, 7) is 1.23. The maximum atomic E-state index is 12.7. The second kappa shape index (κ2) is 6.53. The first-order valence-corrected chi connectivity index (χ1v) is 10.1. The van der Waals surface area contributed by atoms with Crippen LogP contribution in [0.1, 0.15) is 18.5 Å². The lowest BCUT2D eigenvalue weighted by Gasteiger charge is -2.16. The first kappa shape index (κ1) is 17.3. The minimum absolute atomic E-state index is 0.130. The van der Waals surface area contributed by atoms with E-state index < -0.39 is 10.0 Å². The number of rotatable bonds is 4. The van der Waals surface area contributed by atoms with Crippen LogP contribution in [0, 0.1) is 0 Å². The van der Waals surface area contributed by atoms with Crippen LogP contribution >= 0.6 is 11.6 Å². The van der Waals surface area contributed by atoms with Gasteiger partial charge < -0.3 is 8.97 Å². The quantitative estimate of drug-likeness (QED) is 0.680. The standard InChI is InChI=1S/C17H17ClN4O3S/c18-13-3-5-16-19-14(10-20(16)9-13)11-21-12-15(4-6-17(21)23)26(24,25)22-7-1-2-8-22/h3-6,9-10,12H,1-2,7-8,11H2. The molecular formula is C17H17ClN4O3S. The molecule has 0 atom stereocenters. The molecule has 0 unspecified atom stereocenters. The molecule has 4 heterocycles. The van der Waals surface area contributed by atoms with Gasteiger partial charge in [0.2, 0.25) is 10.0 Å². The number of hydrogen-bond donors (Lipinski definition) is 0. The Morgan fingerprint density at radius 1 is 1.04 bits per heavy atom. The third-order valence-electron chi connectivity index (χ3n) is 4.46. The minimum atomic E-state index is -3.57. The van der Waals surface area contributed by atoms with Crippen molar-refractivity contribution in [1.29, 1.82) is 0 Å². The zero-order chi connectivity index (χ0) is 18.3. The van der Waals surface area contributed by atoms with E-state index in [1.54, 1.807) is 28.9 Å². The monoisotopic (exact) mass is 392 g/mol. The number of nitrogens with zero attached hydrogens (tertiary/aromatic N) is 4. The van der Waals surface area contributed by atoms with Crippen LogP contribution in [0.2, 0.25) is 5.02 Å². The normalized spacial score (nSPS) is 15.7. The van der Waals surface area contributed by atoms with Gasteiger partial charge in [-0.15, -0.1) is 0 Å². The Labute approximate surface area is 155 Å². The van der Waals surface area contributed by atoms with Gasteiger partial charge in [-0.3, -0.25) is 4.79 Å². The Kier molecular flexibility index (Phi) is 4.34. The fraction of sp³-hybridized carbons (Fsp3) is 0.294. The lowest BCUT2D eigenvalue weighted by Crippen LogP contribution is -2.29. The van der Waals surface area contributed by atoms with E-state index in [1.807, 2.05) is 0 Å². The molecule has 0 bridgehead atoms. The Morgan fingerprint density at radius 2 is 1.81 bits per heavy atom. The number of halogens is 1. The summed E-state index contributed by atoms with van der Waals surface area (Å²) in [7, 11) is -3.57. The van der Waals surface area contributed by atoms with E-state index in [0.717, 1.165) is 12.8 Å². The molecule has 9 heteroatoms. The van der Waals surface area contributed by atoms with E-state index in [4.69, 9.17) is 11.6 Å². The summed E-state index contributed by atoms with van der Waals surface area (Å²) in [4.78, 5) is 16.8. The van der Waals surface area contributed by atoms with Crippen molar-refractivity contribution in [2.24, 2.45) is 0 Å². The highest BCUT2D eigenvalue weighted by atomic mass is 35.5. The van der Waals surface area contributed by atoms with E-state index in [2.05, 4.69) is 4.98 Å². The van der Waals surface area contributed by atoms with Crippen LogP contribution in [-0.4, -0.2) is 39.8 Å². The number of pyridine rings is 2. The topological polar surface area (TPSA) is 76.7 Å². The van der Waals surface area contributed by atoms with Crippen LogP contribution in [0.4, 0.5) is 0 Å². The van der Waals surface area contributed by atoms with E-state index in [-0.39, 0.29) is 17.0 Å². The zero-order valence-corrected chi connectivity index (χ0v) is 15.4. The van der Waals surface area contributed by atoms with Gasteiger partial charge in [0.1, 0.15) is 5.65 Å². The fourth-order valence-electron chi connectivity index (χ4n) is 3.13. The number of hydrogen-bond acceptors (Lipinski definition) is 4. The molecule has 0 radical (unpaired) electrons. The van der Waals surface area contributed by atoms with Crippen LogP contribution in [0.3, 0.4) is 0 Å². The molecule has 0 N–H and O–H groups in total. The third kappa shape index (κ3) is 3.15. The van der Waals surface area contributed by atoms with Crippen molar-refractivity contribution in [2.45, 2.75) is 24.3 Å². The molecule has 0 saturated carbocycles. The summed E-state index contributed by atoms with van der Waals surface area (Å²) in [5.74, 6) is 0. The molecule has 0 spiro atoms. The van der Waals surface area contributed by atoms with Crippen molar-refractivity contribution in [3.05, 3.63) is 63.9 Å². The number of aromatic nitrogens is 3. The van der Waals surface area contributed by atoms with E-state index in [1.165, 1.54) is 27.2 Å². The van der Waals surface area contributed by atoms with Crippen molar-refractivity contribution in [2.75, 3.05) is 13.1 Å². The number of imidazole rings is 1. The maximum absolute atomic E-state index is 12.7. The van der Waals surface area contributed by atoms with Gasteiger partial charge >= 0.3 is 0 Å². The largest absolute Gasteiger partial charge is 0.308 e. The number of sulfonamides is 1. The molecule has 1 fully saturated rings. The molecule has 7 nitrogen and oxygen atoms in total. The molecule has 1 saturated heterocycles. The second-order valence-corrected chi connectivity index (χ2v) is 8.66. The summed E-state index contributed by atoms with van der Waals surface area (Å²) in [6.07, 6.45) is 6.62. The van der Waals surface area contributed by atoms with Gasteiger partial charge in [0.15, 0.2) is 0 Å². The Morgan fingerprint density at radius 3 is 2.58 bits per heavy atom. The predicted molar refractivity (Wildman–Crippen MR) is 98.0 cm³/mol. The van der Waals surface area contributed by atoms with E-state index >= 15 is 0 Å². The van der Waals surface area contributed by atoms with Gasteiger partial charge in [-0.05, 0) is 31.0 Å². The van der Waals surface area contributed by atoms with Crippen molar-refractivity contribution in [1.82, 2.24) is 18.3 Å². The first-order valence-electron chi connectivity index (χ1n) is 8.27. The van der Waals surface area contributed by atoms with Crippen LogP contribution < -0.4 is 5.56 Å². The molecule has 26 heavy (non-hydrogen) atoms. The molecule has 136 valence electrons. The van der Waals surface area contributed by atoms with Crippen molar-refractivity contribution < 1.29 is 8.42 Å². The predicted octanol–water partition coefficient (Wildman–Crippen LogP) is 1.98. The van der Waals surface area contributed by atoms with Gasteiger partial charge in [0, 0.05) is 37.7 Å². The minimum Gasteiger partial charge on any atom is -0.308 e. The van der Waals surface area contributed by atoms with Crippen LogP contribution in [0.5, 0.6) is 0 Å². The highest BCUT2D eigenvalue weighted by Gasteiger charge is 2.27. The summed E-state index contributed by atoms with van der Waals surface area (Å²) in [5, 5.41) is 0.581. The van der Waals surface area contributed by atoms with Gasteiger partial charge in [-0.25, -0.2) is 13.4 Å². The molecule has 0 aromatic carbocycles. The SMILES string of the molecule is O=c1ccc(S(=O)(=O)N2CCCC2)cn1Cc1cn2cc(Cl)ccc2n1. The average molecular weight is 393 g/mol. The lowest BCUT2D eigenvalue weighted by atomic mass is 10.4. The zero-order valence-electron chi connectivity index (χ0n) is 13.9. The summed E-state index contributed by atoms with van der Waals surface area (Å²) >= 11 is 5.97. The van der Waals surface area contributed by atoms with Gasteiger partial charge in [-0.2, -0.15) is 4.31 Å². The highest BCUT2D eigenvalue weighted by molar-refractivity contribution is 7.89. The molecule has 4 rings (SSSR count). The molecule has 3 aromatic rings. The molecule has 3 aromatic heterocycles. The van der Waals surface area contributed by atoms with Crippen molar-refractivity contribution >= 4 is 27.3 Å². The second-order valence-electron chi connectivity index (χ2n) is 6.29. The van der Waals surface area contributed by atoms with Gasteiger partial charge in [-0.1, -0.05) is 11.6 Å². The summed E-state index contributed by atoms with van der Waals surface area (Å²) in [6, 6.07) is 6.18. The van der Waals surface area contributed by atoms with Crippen molar-refractivity contribution in [3.8, 4) is 0 Å². The van der Waals surface area contributed by atoms with Gasteiger partial charge in [0.05, 0.1) is 22.2 Å². The van der Waals surface area contributed by atoms with Crippen LogP contribution in [0.25, 0.3) is 5.65 Å². The third-order valence-corrected chi connectivity index (χ3v) is 6.56. The van der Waals surface area contributed by atoms with Crippen LogP contribution in [0.15, 0.2) is 52.5 Å². The molecular weight excluding hydrogens is 376 g/mol. The maximum Gasteiger partial charge on any atom is 0.250 e. The molecule has 0 amide bonds. The summed E-state index contributed by atoms with van der Waals surface area (Å²) in [5.41, 5.74) is 1.07. The van der Waals surface area contributed by atoms with E-state index in [0.29, 0.717) is 29.5 Å². The smallest absolute Gasteiger partial charge is 0.250 e. The lowest BCUT2D eigenvalue weighted by molar-refractivity contribution is 0.476. The van der Waals surface area contributed by atoms with Gasteiger partial charge in [0.25, 0.3) is 5.56 Å². The Bertz CT molecular complexity index is 1130. The average Bonchev–Trinajstić information content (AvgIpc) is 3.26. The molecule has 1 aliphatic heterocycles. The van der Waals surface area contributed by atoms with Crippen molar-refractivity contribution in [3.63, 3.8) is 0 Å².